The standard InChI is InChI=1S/C20H24N2O8S4/c23-31(24)11-9-19(13-31)33(27,28)21-17-5-1-15(2-6-17)16-3-7-18(8-4-16)22-34(29,30)20-10-12-32(25,26)14-20/h1-8,19-22H,9-14H2. The molecule has 2 N–H and O–H groups in total. The summed E-state index contributed by atoms with van der Waals surface area (Å²) in [6.45, 7) is 0. The van der Waals surface area contributed by atoms with Crippen molar-refractivity contribution in [2.24, 2.45) is 0 Å². The molecule has 4 rings (SSSR count). The monoisotopic (exact) mass is 548 g/mol. The van der Waals surface area contributed by atoms with E-state index < -0.39 is 50.2 Å². The van der Waals surface area contributed by atoms with E-state index >= 15 is 0 Å². The largest absolute Gasteiger partial charge is 0.283 e. The first kappa shape index (κ1) is 24.9. The Labute approximate surface area is 199 Å². The number of sulfonamides is 2. The van der Waals surface area contributed by atoms with Crippen LogP contribution in [0.5, 0.6) is 0 Å². The van der Waals surface area contributed by atoms with Crippen LogP contribution in [0.4, 0.5) is 11.4 Å². The van der Waals surface area contributed by atoms with Crippen molar-refractivity contribution in [3.8, 4) is 11.1 Å². The van der Waals surface area contributed by atoms with E-state index in [4.69, 9.17) is 0 Å². The van der Waals surface area contributed by atoms with E-state index in [2.05, 4.69) is 9.44 Å². The maximum Gasteiger partial charge on any atom is 0.236 e. The summed E-state index contributed by atoms with van der Waals surface area (Å²) < 4.78 is 101. The predicted octanol–water partition coefficient (Wildman–Crippen LogP) is 1.21. The summed E-state index contributed by atoms with van der Waals surface area (Å²) >= 11 is 0. The van der Waals surface area contributed by atoms with E-state index in [1.807, 2.05) is 0 Å². The van der Waals surface area contributed by atoms with Gasteiger partial charge in [0, 0.05) is 11.4 Å². The van der Waals surface area contributed by atoms with Crippen molar-refractivity contribution in [3.05, 3.63) is 48.5 Å². The maximum atomic E-state index is 12.5. The zero-order chi connectivity index (χ0) is 24.8. The van der Waals surface area contributed by atoms with Crippen LogP contribution in [0.3, 0.4) is 0 Å². The molecule has 2 saturated heterocycles. The van der Waals surface area contributed by atoms with Crippen LogP contribution in [0.25, 0.3) is 11.1 Å². The van der Waals surface area contributed by atoms with E-state index in [1.54, 1.807) is 48.5 Å². The molecule has 0 spiro atoms. The Balaban J connectivity index is 1.41. The smallest absolute Gasteiger partial charge is 0.236 e. The fraction of sp³-hybridized carbons (Fsp3) is 0.400. The first-order valence-corrected chi connectivity index (χ1v) is 17.1. The minimum absolute atomic E-state index is 0.0718. The van der Waals surface area contributed by atoms with Crippen molar-refractivity contribution in [1.29, 1.82) is 0 Å². The van der Waals surface area contributed by atoms with Gasteiger partial charge in [-0.15, -0.1) is 0 Å². The van der Waals surface area contributed by atoms with Gasteiger partial charge in [-0.3, -0.25) is 9.44 Å². The molecule has 2 aromatic carbocycles. The summed E-state index contributed by atoms with van der Waals surface area (Å²) in [4.78, 5) is 0. The van der Waals surface area contributed by atoms with Crippen LogP contribution in [-0.4, -0.2) is 67.2 Å². The fourth-order valence-electron chi connectivity index (χ4n) is 3.97. The van der Waals surface area contributed by atoms with Crippen molar-refractivity contribution in [2.75, 3.05) is 32.5 Å². The second-order valence-electron chi connectivity index (χ2n) is 8.50. The van der Waals surface area contributed by atoms with Crippen LogP contribution >= 0.6 is 0 Å². The lowest BCUT2D eigenvalue weighted by molar-refractivity contribution is 0.586. The van der Waals surface area contributed by atoms with E-state index in [9.17, 15) is 33.7 Å². The molecule has 14 heteroatoms. The molecule has 2 aliphatic heterocycles. The molecule has 0 amide bonds. The highest BCUT2D eigenvalue weighted by atomic mass is 32.2. The fourth-order valence-corrected chi connectivity index (χ4v) is 12.1. The molecule has 2 atom stereocenters. The summed E-state index contributed by atoms with van der Waals surface area (Å²) in [5.41, 5.74) is 2.12. The predicted molar refractivity (Wildman–Crippen MR) is 131 cm³/mol. The van der Waals surface area contributed by atoms with Gasteiger partial charge < -0.3 is 0 Å². The number of benzene rings is 2. The molecule has 186 valence electrons. The third kappa shape index (κ3) is 5.73. The van der Waals surface area contributed by atoms with Crippen LogP contribution in [0.2, 0.25) is 0 Å². The highest BCUT2D eigenvalue weighted by Crippen LogP contribution is 2.27. The van der Waals surface area contributed by atoms with Gasteiger partial charge in [0.25, 0.3) is 0 Å². The Kier molecular flexibility index (Phi) is 6.46. The highest BCUT2D eigenvalue weighted by Gasteiger charge is 2.38. The first-order chi connectivity index (χ1) is 15.7. The molecule has 10 nitrogen and oxygen atoms in total. The molecule has 2 fully saturated rings. The van der Waals surface area contributed by atoms with Crippen molar-refractivity contribution in [3.63, 3.8) is 0 Å². The van der Waals surface area contributed by atoms with Gasteiger partial charge in [0.15, 0.2) is 19.7 Å². The Morgan fingerprint density at radius 3 is 1.18 bits per heavy atom. The Morgan fingerprint density at radius 1 is 0.588 bits per heavy atom. The lowest BCUT2D eigenvalue weighted by Crippen LogP contribution is -2.28. The topological polar surface area (TPSA) is 161 Å². The number of rotatable bonds is 7. The van der Waals surface area contributed by atoms with Crippen LogP contribution in [-0.2, 0) is 39.7 Å². The van der Waals surface area contributed by atoms with Gasteiger partial charge in [0.05, 0.1) is 33.5 Å². The van der Waals surface area contributed by atoms with Crippen LogP contribution in [0.1, 0.15) is 12.8 Å². The molecule has 0 saturated carbocycles. The number of sulfone groups is 2. The third-order valence-electron chi connectivity index (χ3n) is 5.88. The summed E-state index contributed by atoms with van der Waals surface area (Å²) in [6.07, 6.45) is 0.144. The van der Waals surface area contributed by atoms with Crippen LogP contribution in [0, 0.1) is 0 Å². The molecular weight excluding hydrogens is 524 g/mol. The molecule has 0 aliphatic carbocycles. The molecule has 0 bridgehead atoms. The second-order valence-corrected chi connectivity index (χ2v) is 16.9. The lowest BCUT2D eigenvalue weighted by Gasteiger charge is -2.14. The number of hydrogen-bond donors (Lipinski definition) is 2. The Hall–Kier alpha value is -2.16. The molecule has 0 aromatic heterocycles. The summed E-state index contributed by atoms with van der Waals surface area (Å²) in [7, 11) is -14.3. The lowest BCUT2D eigenvalue weighted by atomic mass is 10.1. The molecule has 2 unspecified atom stereocenters. The van der Waals surface area contributed by atoms with Gasteiger partial charge in [0.1, 0.15) is 0 Å². The summed E-state index contributed by atoms with van der Waals surface area (Å²) in [5.74, 6) is -1.03. The Morgan fingerprint density at radius 2 is 0.912 bits per heavy atom. The van der Waals surface area contributed by atoms with Gasteiger partial charge in [-0.2, -0.15) is 0 Å². The van der Waals surface area contributed by atoms with Crippen molar-refractivity contribution in [1.82, 2.24) is 0 Å². The van der Waals surface area contributed by atoms with Crippen molar-refractivity contribution in [2.45, 2.75) is 23.3 Å². The van der Waals surface area contributed by atoms with E-state index in [1.165, 1.54) is 0 Å². The van der Waals surface area contributed by atoms with E-state index in [0.29, 0.717) is 11.4 Å². The SMILES string of the molecule is O=S1(=O)CCC(S(=O)(=O)Nc2ccc(-c3ccc(NS(=O)(=O)C4CCS(=O)(=O)C4)cc3)cc2)C1. The minimum atomic E-state index is -3.83. The zero-order valence-corrected chi connectivity index (χ0v) is 21.2. The highest BCUT2D eigenvalue weighted by molar-refractivity contribution is 7.97. The van der Waals surface area contributed by atoms with E-state index in [-0.39, 0.29) is 35.9 Å². The van der Waals surface area contributed by atoms with Gasteiger partial charge in [-0.1, -0.05) is 24.3 Å². The molecule has 2 aromatic rings. The van der Waals surface area contributed by atoms with Gasteiger partial charge >= 0.3 is 0 Å². The molecule has 2 aliphatic rings. The van der Waals surface area contributed by atoms with Gasteiger partial charge in [-0.25, -0.2) is 33.7 Å². The van der Waals surface area contributed by atoms with E-state index in [0.717, 1.165) is 11.1 Å². The average molecular weight is 549 g/mol. The number of hydrogen-bond acceptors (Lipinski definition) is 8. The quantitative estimate of drug-likeness (QED) is 0.522. The summed E-state index contributed by atoms with van der Waals surface area (Å²) in [5, 5.41) is -1.95. The second kappa shape index (κ2) is 8.81. The van der Waals surface area contributed by atoms with Crippen molar-refractivity contribution >= 4 is 51.1 Å². The first-order valence-electron chi connectivity index (χ1n) is 10.4. The zero-order valence-electron chi connectivity index (χ0n) is 17.9. The average Bonchev–Trinajstić information content (AvgIpc) is 3.31. The molecule has 0 radical (unpaired) electrons. The molecule has 2 heterocycles. The number of anilines is 2. The molecule has 34 heavy (non-hydrogen) atoms. The normalized spacial score (nSPS) is 24.0. The third-order valence-corrected chi connectivity index (χ3v) is 13.4. The van der Waals surface area contributed by atoms with Crippen LogP contribution in [0.15, 0.2) is 48.5 Å². The van der Waals surface area contributed by atoms with Gasteiger partial charge in [-0.05, 0) is 48.2 Å². The van der Waals surface area contributed by atoms with Crippen molar-refractivity contribution < 1.29 is 33.7 Å². The van der Waals surface area contributed by atoms with Crippen LogP contribution < -0.4 is 9.44 Å². The van der Waals surface area contributed by atoms with Gasteiger partial charge in [0.2, 0.25) is 20.0 Å². The Bertz CT molecular complexity index is 1380. The minimum Gasteiger partial charge on any atom is -0.283 e. The summed E-state index contributed by atoms with van der Waals surface area (Å²) in [6, 6.07) is 13.0. The number of nitrogens with one attached hydrogen (secondary N) is 2. The maximum absolute atomic E-state index is 12.5. The molecular formula is C20H24N2O8S4.